The van der Waals surface area contributed by atoms with Gasteiger partial charge >= 0.3 is 0 Å². The molecular weight excluding hydrogens is 338 g/mol. The molecule has 1 unspecified atom stereocenters. The van der Waals surface area contributed by atoms with Gasteiger partial charge in [-0.25, -0.2) is 0 Å². The van der Waals surface area contributed by atoms with E-state index in [0.717, 1.165) is 16.0 Å². The highest BCUT2D eigenvalue weighted by atomic mass is 35.5. The van der Waals surface area contributed by atoms with Gasteiger partial charge in [-0.3, -0.25) is 9.59 Å². The predicted molar refractivity (Wildman–Crippen MR) is 97.7 cm³/mol. The molecule has 0 aromatic heterocycles. The lowest BCUT2D eigenvalue weighted by Crippen LogP contribution is -3.16. The van der Waals surface area contributed by atoms with E-state index in [4.69, 9.17) is 11.6 Å². The van der Waals surface area contributed by atoms with Crippen LogP contribution < -0.4 is 15.5 Å². The molecule has 25 heavy (non-hydrogen) atoms. The quantitative estimate of drug-likeness (QED) is 0.772. The van der Waals surface area contributed by atoms with Crippen molar-refractivity contribution in [1.29, 1.82) is 0 Å². The SMILES string of the molecule is Cc1ccc(NC(=O)[C@@H](c2ccccc2)[NH+]2CCNC(=O)C2)cc1Cl. The minimum atomic E-state index is -0.452. The minimum Gasteiger partial charge on any atom is -0.346 e. The number of benzene rings is 2. The molecule has 0 spiro atoms. The Morgan fingerprint density at radius 3 is 2.68 bits per heavy atom. The first-order valence-electron chi connectivity index (χ1n) is 8.28. The summed E-state index contributed by atoms with van der Waals surface area (Å²) < 4.78 is 0. The molecule has 5 nitrogen and oxygen atoms in total. The summed E-state index contributed by atoms with van der Waals surface area (Å²) in [7, 11) is 0. The number of halogens is 1. The summed E-state index contributed by atoms with van der Waals surface area (Å²) in [6.45, 7) is 3.47. The first-order chi connectivity index (χ1) is 12.0. The third-order valence-corrected chi connectivity index (χ3v) is 4.81. The van der Waals surface area contributed by atoms with Gasteiger partial charge in [0.2, 0.25) is 0 Å². The number of quaternary nitrogens is 1. The molecule has 2 amide bonds. The molecule has 1 fully saturated rings. The second-order valence-corrected chi connectivity index (χ2v) is 6.64. The lowest BCUT2D eigenvalue weighted by Gasteiger charge is -2.30. The zero-order valence-electron chi connectivity index (χ0n) is 14.0. The summed E-state index contributed by atoms with van der Waals surface area (Å²) in [6.07, 6.45) is 0. The summed E-state index contributed by atoms with van der Waals surface area (Å²) in [6, 6.07) is 14.6. The van der Waals surface area contributed by atoms with Gasteiger partial charge in [-0.15, -0.1) is 0 Å². The van der Waals surface area contributed by atoms with Crippen LogP contribution in [0.1, 0.15) is 17.2 Å². The smallest absolute Gasteiger partial charge is 0.287 e. The maximum Gasteiger partial charge on any atom is 0.287 e. The van der Waals surface area contributed by atoms with Gasteiger partial charge < -0.3 is 15.5 Å². The lowest BCUT2D eigenvalue weighted by molar-refractivity contribution is -0.915. The zero-order valence-corrected chi connectivity index (χ0v) is 14.8. The van der Waals surface area contributed by atoms with Crippen LogP contribution in [0.2, 0.25) is 5.02 Å². The van der Waals surface area contributed by atoms with Gasteiger partial charge in [-0.2, -0.15) is 0 Å². The van der Waals surface area contributed by atoms with E-state index in [1.54, 1.807) is 6.07 Å². The zero-order chi connectivity index (χ0) is 17.8. The highest BCUT2D eigenvalue weighted by Crippen LogP contribution is 2.21. The maximum atomic E-state index is 13.0. The Labute approximate surface area is 152 Å². The Hall–Kier alpha value is -2.37. The van der Waals surface area contributed by atoms with Crippen LogP contribution in [0.25, 0.3) is 0 Å². The fourth-order valence-corrected chi connectivity index (χ4v) is 3.25. The van der Waals surface area contributed by atoms with E-state index in [0.29, 0.717) is 23.8 Å². The number of rotatable bonds is 4. The first-order valence-corrected chi connectivity index (χ1v) is 8.65. The molecule has 1 aliphatic rings. The van der Waals surface area contributed by atoms with E-state index in [1.165, 1.54) is 0 Å². The van der Waals surface area contributed by atoms with Crippen molar-refractivity contribution < 1.29 is 14.5 Å². The van der Waals surface area contributed by atoms with Crippen LogP contribution in [0.15, 0.2) is 48.5 Å². The van der Waals surface area contributed by atoms with E-state index in [2.05, 4.69) is 10.6 Å². The number of amides is 2. The molecule has 1 aliphatic heterocycles. The summed E-state index contributed by atoms with van der Waals surface area (Å²) in [5.41, 5.74) is 2.50. The van der Waals surface area contributed by atoms with Crippen molar-refractivity contribution in [3.8, 4) is 0 Å². The van der Waals surface area contributed by atoms with Crippen LogP contribution in [0, 0.1) is 6.92 Å². The largest absolute Gasteiger partial charge is 0.346 e. The van der Waals surface area contributed by atoms with E-state index in [1.807, 2.05) is 49.4 Å². The lowest BCUT2D eigenvalue weighted by atomic mass is 10.0. The van der Waals surface area contributed by atoms with Gasteiger partial charge in [-0.1, -0.05) is 48.0 Å². The first kappa shape index (κ1) is 17.5. The molecule has 6 heteroatoms. The van der Waals surface area contributed by atoms with Crippen molar-refractivity contribution in [1.82, 2.24) is 5.32 Å². The van der Waals surface area contributed by atoms with Crippen molar-refractivity contribution in [2.45, 2.75) is 13.0 Å². The molecule has 3 N–H and O–H groups in total. The summed E-state index contributed by atoms with van der Waals surface area (Å²) >= 11 is 6.15. The molecule has 0 bridgehead atoms. The van der Waals surface area contributed by atoms with E-state index in [9.17, 15) is 9.59 Å². The van der Waals surface area contributed by atoms with Gasteiger partial charge in [0.05, 0.1) is 13.1 Å². The Morgan fingerprint density at radius 2 is 2.00 bits per heavy atom. The van der Waals surface area contributed by atoms with Gasteiger partial charge in [0.25, 0.3) is 11.8 Å². The van der Waals surface area contributed by atoms with Crippen LogP contribution in [-0.4, -0.2) is 31.4 Å². The van der Waals surface area contributed by atoms with Crippen LogP contribution in [0.4, 0.5) is 5.69 Å². The monoisotopic (exact) mass is 358 g/mol. The molecule has 1 heterocycles. The van der Waals surface area contributed by atoms with E-state index >= 15 is 0 Å². The fourth-order valence-electron chi connectivity index (χ4n) is 3.07. The van der Waals surface area contributed by atoms with Gasteiger partial charge in [-0.05, 0) is 24.6 Å². The second-order valence-electron chi connectivity index (χ2n) is 6.23. The van der Waals surface area contributed by atoms with Crippen molar-refractivity contribution >= 4 is 29.1 Å². The predicted octanol–water partition coefficient (Wildman–Crippen LogP) is 1.34. The number of piperazine rings is 1. The average Bonchev–Trinajstić information content (AvgIpc) is 2.59. The third-order valence-electron chi connectivity index (χ3n) is 4.40. The summed E-state index contributed by atoms with van der Waals surface area (Å²) in [5, 5.41) is 6.37. The molecule has 3 rings (SSSR count). The van der Waals surface area contributed by atoms with E-state index < -0.39 is 6.04 Å². The molecule has 0 aliphatic carbocycles. The normalized spacial score (nSPS) is 18.3. The Kier molecular flexibility index (Phi) is 5.36. The second kappa shape index (κ2) is 7.68. The molecule has 0 saturated carbocycles. The standard InChI is InChI=1S/C19H20ClN3O2/c1-13-7-8-15(11-16(13)20)22-19(25)18(14-5-3-2-4-6-14)23-10-9-21-17(24)12-23/h2-8,11,18H,9-10,12H2,1H3,(H,21,24)(H,22,25)/p+1/t18-/m1/s1. The van der Waals surface area contributed by atoms with Gasteiger partial charge in [0.15, 0.2) is 12.6 Å². The Morgan fingerprint density at radius 1 is 1.24 bits per heavy atom. The van der Waals surface area contributed by atoms with Crippen molar-refractivity contribution in [3.05, 3.63) is 64.7 Å². The summed E-state index contributed by atoms with van der Waals surface area (Å²) in [5.74, 6) is -0.177. The van der Waals surface area contributed by atoms with Crippen LogP contribution >= 0.6 is 11.6 Å². The van der Waals surface area contributed by atoms with Crippen molar-refractivity contribution in [3.63, 3.8) is 0 Å². The molecular formula is C19H21ClN3O2+. The highest BCUT2D eigenvalue weighted by Gasteiger charge is 2.34. The third kappa shape index (κ3) is 4.18. The Balaban J connectivity index is 1.86. The van der Waals surface area contributed by atoms with E-state index in [-0.39, 0.29) is 18.4 Å². The fraction of sp³-hybridized carbons (Fsp3) is 0.263. The summed E-state index contributed by atoms with van der Waals surface area (Å²) in [4.78, 5) is 25.7. The number of aryl methyl sites for hydroxylation is 1. The minimum absolute atomic E-state index is 0.0339. The average molecular weight is 359 g/mol. The molecule has 2 aromatic carbocycles. The highest BCUT2D eigenvalue weighted by molar-refractivity contribution is 6.31. The molecule has 0 radical (unpaired) electrons. The topological polar surface area (TPSA) is 62.6 Å². The molecule has 2 aromatic rings. The van der Waals surface area contributed by atoms with Gasteiger partial charge in [0, 0.05) is 16.3 Å². The molecule has 2 atom stereocenters. The molecule has 1 saturated heterocycles. The number of carbonyl (C=O) groups is 2. The number of anilines is 1. The van der Waals surface area contributed by atoms with Gasteiger partial charge in [0.1, 0.15) is 0 Å². The molecule has 130 valence electrons. The van der Waals surface area contributed by atoms with Crippen LogP contribution in [0.3, 0.4) is 0 Å². The number of nitrogens with one attached hydrogen (secondary N) is 3. The van der Waals surface area contributed by atoms with Crippen molar-refractivity contribution in [2.75, 3.05) is 25.0 Å². The number of hydrogen-bond acceptors (Lipinski definition) is 2. The Bertz CT molecular complexity index is 779. The maximum absolute atomic E-state index is 13.0. The van der Waals surface area contributed by atoms with Crippen LogP contribution in [-0.2, 0) is 9.59 Å². The number of carbonyl (C=O) groups excluding carboxylic acids is 2. The number of hydrogen-bond donors (Lipinski definition) is 3. The van der Waals surface area contributed by atoms with Crippen molar-refractivity contribution in [2.24, 2.45) is 0 Å². The van der Waals surface area contributed by atoms with Crippen LogP contribution in [0.5, 0.6) is 0 Å².